The fraction of sp³-hybridized carbons (Fsp3) is 0.867. The first-order chi connectivity index (χ1) is 11.2. The van der Waals surface area contributed by atoms with Gasteiger partial charge in [-0.1, -0.05) is 6.92 Å². The molecule has 1 saturated heterocycles. The Balaban J connectivity index is 2.90. The number of nitrogens with two attached hydrogens (primary N) is 1. The summed E-state index contributed by atoms with van der Waals surface area (Å²) in [5.74, 6) is -0.437. The van der Waals surface area contributed by atoms with Crippen molar-refractivity contribution in [2.45, 2.75) is 75.9 Å². The summed E-state index contributed by atoms with van der Waals surface area (Å²) < 4.78 is 10.9. The van der Waals surface area contributed by atoms with Crippen LogP contribution in [0.25, 0.3) is 0 Å². The van der Waals surface area contributed by atoms with Crippen LogP contribution in [0.3, 0.4) is 0 Å². The molecular weight excluding hydrogens is 320 g/mol. The molecule has 0 radical (unpaired) electrons. The van der Waals surface area contributed by atoms with Gasteiger partial charge in [0.05, 0.1) is 18.2 Å². The number of hydrogen-bond donors (Lipinski definition) is 5. The van der Waals surface area contributed by atoms with E-state index < -0.39 is 54.8 Å². The lowest BCUT2D eigenvalue weighted by molar-refractivity contribution is -0.268. The van der Waals surface area contributed by atoms with Crippen LogP contribution in [0.1, 0.15) is 33.6 Å². The van der Waals surface area contributed by atoms with E-state index >= 15 is 0 Å². The predicted molar refractivity (Wildman–Crippen MR) is 83.8 cm³/mol. The molecule has 6 N–H and O–H groups in total. The number of aliphatic hydroxyl groups is 3. The number of carbonyl (C=O) groups is 2. The van der Waals surface area contributed by atoms with E-state index in [1.807, 2.05) is 0 Å². The zero-order valence-electron chi connectivity index (χ0n) is 14.2. The molecule has 1 amide bonds. The molecule has 9 nitrogen and oxygen atoms in total. The van der Waals surface area contributed by atoms with Crippen molar-refractivity contribution in [2.75, 3.05) is 6.61 Å². The molecule has 0 aromatic heterocycles. The summed E-state index contributed by atoms with van der Waals surface area (Å²) in [6.07, 6.45) is -4.08. The minimum atomic E-state index is -1.45. The van der Waals surface area contributed by atoms with Gasteiger partial charge in [0, 0.05) is 6.92 Å². The van der Waals surface area contributed by atoms with Crippen molar-refractivity contribution >= 4 is 12.2 Å². The van der Waals surface area contributed by atoms with Gasteiger partial charge in [0.2, 0.25) is 5.91 Å². The van der Waals surface area contributed by atoms with E-state index in [1.54, 1.807) is 13.8 Å². The first kappa shape index (κ1) is 20.9. The van der Waals surface area contributed by atoms with Crippen molar-refractivity contribution in [3.63, 3.8) is 0 Å². The molecule has 1 aliphatic rings. The standard InChI is InChI=1S/C15H28N2O7/c1-4-15(16,7-19)5-8(2)23-13-11(17-9(3)20)14(22)24-10(6-18)12(13)21/h7-8,10-14,18,21-22H,4-6,16H2,1-3H3,(H,17,20)/t8?,10-,11-,12-,13-,14+,15?/m1/s1. The van der Waals surface area contributed by atoms with E-state index in [0.717, 1.165) is 0 Å². The summed E-state index contributed by atoms with van der Waals surface area (Å²) in [5, 5.41) is 32.1. The van der Waals surface area contributed by atoms with Gasteiger partial charge in [-0.05, 0) is 19.8 Å². The van der Waals surface area contributed by atoms with Crippen LogP contribution in [0.4, 0.5) is 0 Å². The second-order valence-electron chi connectivity index (χ2n) is 6.28. The van der Waals surface area contributed by atoms with Crippen molar-refractivity contribution in [2.24, 2.45) is 5.73 Å². The monoisotopic (exact) mass is 348 g/mol. The highest BCUT2D eigenvalue weighted by atomic mass is 16.6. The molecule has 0 aromatic rings. The van der Waals surface area contributed by atoms with Crippen LogP contribution in [0, 0.1) is 0 Å². The van der Waals surface area contributed by atoms with Crippen molar-refractivity contribution < 1.29 is 34.4 Å². The van der Waals surface area contributed by atoms with Gasteiger partial charge in [-0.15, -0.1) is 0 Å². The number of aliphatic hydroxyl groups excluding tert-OH is 3. The lowest BCUT2D eigenvalue weighted by Crippen LogP contribution is -2.65. The summed E-state index contributed by atoms with van der Waals surface area (Å²) >= 11 is 0. The topological polar surface area (TPSA) is 151 Å². The van der Waals surface area contributed by atoms with Crippen molar-refractivity contribution in [3.05, 3.63) is 0 Å². The van der Waals surface area contributed by atoms with Crippen molar-refractivity contribution in [1.29, 1.82) is 0 Å². The summed E-state index contributed by atoms with van der Waals surface area (Å²) in [6, 6.07) is -1.02. The number of hydrogen-bond acceptors (Lipinski definition) is 8. The maximum Gasteiger partial charge on any atom is 0.217 e. The number of carbonyl (C=O) groups excluding carboxylic acids is 2. The van der Waals surface area contributed by atoms with Gasteiger partial charge < -0.3 is 40.6 Å². The molecule has 1 heterocycles. The van der Waals surface area contributed by atoms with Crippen LogP contribution >= 0.6 is 0 Å². The number of aldehydes is 1. The minimum absolute atomic E-state index is 0.198. The first-order valence-electron chi connectivity index (χ1n) is 7.97. The molecule has 0 saturated carbocycles. The highest BCUT2D eigenvalue weighted by molar-refractivity contribution is 5.73. The van der Waals surface area contributed by atoms with E-state index in [9.17, 15) is 24.9 Å². The Morgan fingerprint density at radius 3 is 2.58 bits per heavy atom. The first-order valence-corrected chi connectivity index (χ1v) is 7.97. The van der Waals surface area contributed by atoms with Crippen molar-refractivity contribution in [1.82, 2.24) is 5.32 Å². The molecule has 24 heavy (non-hydrogen) atoms. The van der Waals surface area contributed by atoms with Gasteiger partial charge in [0.15, 0.2) is 6.29 Å². The number of amides is 1. The molecule has 7 atom stereocenters. The Morgan fingerprint density at radius 1 is 1.50 bits per heavy atom. The molecule has 0 bridgehead atoms. The number of nitrogens with one attached hydrogen (secondary N) is 1. The normalized spacial score (nSPS) is 34.2. The van der Waals surface area contributed by atoms with E-state index in [-0.39, 0.29) is 6.42 Å². The van der Waals surface area contributed by atoms with Gasteiger partial charge in [-0.2, -0.15) is 0 Å². The zero-order valence-corrected chi connectivity index (χ0v) is 14.2. The SMILES string of the molecule is CCC(N)(C=O)CC(C)O[C@H]1[C@H](O)[C@@H](CO)O[C@H](O)[C@@H]1NC(C)=O. The Kier molecular flexibility index (Phi) is 7.71. The summed E-state index contributed by atoms with van der Waals surface area (Å²) in [7, 11) is 0. The highest BCUT2D eigenvalue weighted by Gasteiger charge is 2.46. The van der Waals surface area contributed by atoms with E-state index in [2.05, 4.69) is 5.32 Å². The molecule has 1 fully saturated rings. The predicted octanol–water partition coefficient (Wildman–Crippen LogP) is -1.97. The Hall–Kier alpha value is -1.10. The third kappa shape index (κ3) is 5.20. The molecule has 0 aliphatic carbocycles. The lowest BCUT2D eigenvalue weighted by atomic mass is 9.91. The molecule has 9 heteroatoms. The fourth-order valence-corrected chi connectivity index (χ4v) is 2.76. The molecular formula is C15H28N2O7. The van der Waals surface area contributed by atoms with Gasteiger partial charge >= 0.3 is 0 Å². The highest BCUT2D eigenvalue weighted by Crippen LogP contribution is 2.25. The number of ether oxygens (including phenoxy) is 2. The molecule has 0 spiro atoms. The molecule has 1 rings (SSSR count). The Labute approximate surface area is 141 Å². The van der Waals surface area contributed by atoms with Crippen molar-refractivity contribution in [3.8, 4) is 0 Å². The Bertz CT molecular complexity index is 436. The van der Waals surface area contributed by atoms with Crippen LogP contribution in [0.5, 0.6) is 0 Å². The zero-order chi connectivity index (χ0) is 18.5. The third-order valence-corrected chi connectivity index (χ3v) is 4.19. The van der Waals surface area contributed by atoms with Gasteiger partial charge in [0.25, 0.3) is 0 Å². The maximum absolute atomic E-state index is 11.3. The fourth-order valence-electron chi connectivity index (χ4n) is 2.76. The molecule has 0 aromatic carbocycles. The van der Waals surface area contributed by atoms with Gasteiger partial charge in [-0.3, -0.25) is 4.79 Å². The van der Waals surface area contributed by atoms with E-state index in [4.69, 9.17) is 15.2 Å². The average molecular weight is 348 g/mol. The molecule has 1 aliphatic heterocycles. The van der Waals surface area contributed by atoms with Crippen LogP contribution in [0.2, 0.25) is 0 Å². The number of rotatable bonds is 8. The van der Waals surface area contributed by atoms with Gasteiger partial charge in [-0.25, -0.2) is 0 Å². The van der Waals surface area contributed by atoms with E-state index in [1.165, 1.54) is 6.92 Å². The second-order valence-corrected chi connectivity index (χ2v) is 6.28. The third-order valence-electron chi connectivity index (χ3n) is 4.19. The van der Waals surface area contributed by atoms with Crippen LogP contribution in [0.15, 0.2) is 0 Å². The lowest BCUT2D eigenvalue weighted by Gasteiger charge is -2.43. The maximum atomic E-state index is 11.3. The van der Waals surface area contributed by atoms with Crippen LogP contribution in [-0.4, -0.2) is 76.4 Å². The van der Waals surface area contributed by atoms with Crippen LogP contribution in [-0.2, 0) is 19.1 Å². The minimum Gasteiger partial charge on any atom is -0.394 e. The average Bonchev–Trinajstić information content (AvgIpc) is 2.53. The van der Waals surface area contributed by atoms with E-state index in [0.29, 0.717) is 12.7 Å². The largest absolute Gasteiger partial charge is 0.394 e. The molecule has 2 unspecified atom stereocenters. The summed E-state index contributed by atoms with van der Waals surface area (Å²) in [6.45, 7) is 4.18. The quantitative estimate of drug-likeness (QED) is 0.317. The summed E-state index contributed by atoms with van der Waals surface area (Å²) in [5.41, 5.74) is 4.88. The second kappa shape index (κ2) is 8.84. The van der Waals surface area contributed by atoms with Gasteiger partial charge in [0.1, 0.15) is 30.6 Å². The smallest absolute Gasteiger partial charge is 0.217 e. The Morgan fingerprint density at radius 2 is 2.12 bits per heavy atom. The summed E-state index contributed by atoms with van der Waals surface area (Å²) in [4.78, 5) is 22.5. The molecule has 140 valence electrons. The van der Waals surface area contributed by atoms with Crippen LogP contribution < -0.4 is 11.1 Å².